The minimum Gasteiger partial charge on any atom is -0.489 e. The largest absolute Gasteiger partial charge is 0.489 e. The maximum Gasteiger partial charge on any atom is 0.387 e. The second-order valence-corrected chi connectivity index (χ2v) is 13.7. The van der Waals surface area contributed by atoms with Crippen molar-refractivity contribution in [1.82, 2.24) is 9.88 Å². The lowest BCUT2D eigenvalue weighted by Crippen LogP contribution is -2.39. The first kappa shape index (κ1) is 35.0. The first-order valence-corrected chi connectivity index (χ1v) is 17.2. The minimum atomic E-state index is -3.98. The van der Waals surface area contributed by atoms with Crippen LogP contribution in [-0.2, 0) is 25.9 Å². The van der Waals surface area contributed by atoms with Crippen LogP contribution in [0.2, 0.25) is 10.0 Å². The third-order valence-electron chi connectivity index (χ3n) is 7.57. The number of carbonyl (C=O) groups excluding carboxylic acids is 1. The molecule has 0 amide bonds. The fraction of sp³-hybridized carbons (Fsp3) is 0.419. The smallest absolute Gasteiger partial charge is 0.387 e. The zero-order valence-corrected chi connectivity index (χ0v) is 27.3. The van der Waals surface area contributed by atoms with Gasteiger partial charge in [-0.25, -0.2) is 17.6 Å². The lowest BCUT2D eigenvalue weighted by atomic mass is 10.0. The summed E-state index contributed by atoms with van der Waals surface area (Å²) in [7, 11) is -3.98. The van der Waals surface area contributed by atoms with Crippen LogP contribution in [0.25, 0.3) is 0 Å². The van der Waals surface area contributed by atoms with Gasteiger partial charge in [-0.05, 0) is 60.2 Å². The fourth-order valence-electron chi connectivity index (χ4n) is 4.79. The number of halogens is 5. The Morgan fingerprint density at radius 3 is 2.47 bits per heavy atom. The number of esters is 1. The van der Waals surface area contributed by atoms with Crippen LogP contribution >= 0.6 is 23.2 Å². The van der Waals surface area contributed by atoms with Crippen molar-refractivity contribution in [3.63, 3.8) is 0 Å². The Bertz CT molecular complexity index is 1660. The zero-order chi connectivity index (χ0) is 33.6. The van der Waals surface area contributed by atoms with Crippen molar-refractivity contribution in [3.8, 4) is 11.5 Å². The summed E-state index contributed by atoms with van der Waals surface area (Å²) < 4.78 is 90.4. The van der Waals surface area contributed by atoms with Gasteiger partial charge in [0.2, 0.25) is 10.0 Å². The normalized spacial score (nSPS) is 16.1. The first-order chi connectivity index (χ1) is 22.5. The number of alkyl halides is 2. The minimum absolute atomic E-state index is 0.0261. The molecule has 16 heteroatoms. The third-order valence-corrected chi connectivity index (χ3v) is 9.47. The summed E-state index contributed by atoms with van der Waals surface area (Å²) in [5.41, 5.74) is 0.141. The van der Waals surface area contributed by atoms with Gasteiger partial charge in [0.25, 0.3) is 0 Å². The Kier molecular flexibility index (Phi) is 11.7. The van der Waals surface area contributed by atoms with Crippen molar-refractivity contribution >= 4 is 44.9 Å². The summed E-state index contributed by atoms with van der Waals surface area (Å²) in [6.07, 6.45) is 3.46. The number of sulfonamides is 1. The van der Waals surface area contributed by atoms with E-state index in [2.05, 4.69) is 14.4 Å². The summed E-state index contributed by atoms with van der Waals surface area (Å²) in [6.45, 7) is -0.439. The summed E-state index contributed by atoms with van der Waals surface area (Å²) in [5.74, 6) is -2.00. The maximum atomic E-state index is 14.7. The van der Waals surface area contributed by atoms with Gasteiger partial charge in [0.1, 0.15) is 11.9 Å². The van der Waals surface area contributed by atoms with Gasteiger partial charge < -0.3 is 18.9 Å². The molecule has 1 aliphatic carbocycles. The molecular weight excluding hydrogens is 686 g/mol. The highest BCUT2D eigenvalue weighted by Gasteiger charge is 2.27. The Labute approximate surface area is 280 Å². The number of ether oxygens (including phenoxy) is 4. The van der Waals surface area contributed by atoms with Gasteiger partial charge in [-0.15, -0.1) is 0 Å². The number of anilines is 1. The number of aromatic nitrogens is 1. The molecule has 0 unspecified atom stereocenters. The van der Waals surface area contributed by atoms with Crippen LogP contribution in [0.5, 0.6) is 11.5 Å². The van der Waals surface area contributed by atoms with Crippen LogP contribution in [0.4, 0.5) is 18.9 Å². The number of hydrogen-bond acceptors (Lipinski definition) is 9. The van der Waals surface area contributed by atoms with E-state index in [1.54, 1.807) is 0 Å². The van der Waals surface area contributed by atoms with Gasteiger partial charge in [0, 0.05) is 38.4 Å². The fourth-order valence-corrected chi connectivity index (χ4v) is 6.40. The third kappa shape index (κ3) is 10.1. The summed E-state index contributed by atoms with van der Waals surface area (Å²) in [6, 6.07) is 7.28. The molecule has 1 saturated heterocycles. The first-order valence-electron chi connectivity index (χ1n) is 14.8. The van der Waals surface area contributed by atoms with Gasteiger partial charge in [-0.1, -0.05) is 29.3 Å². The van der Waals surface area contributed by atoms with Crippen molar-refractivity contribution in [3.05, 3.63) is 81.3 Å². The van der Waals surface area contributed by atoms with Crippen LogP contribution in [0.15, 0.2) is 48.8 Å². The van der Waals surface area contributed by atoms with Gasteiger partial charge in [-0.2, -0.15) is 8.78 Å². The van der Waals surface area contributed by atoms with Crippen LogP contribution in [0, 0.1) is 11.7 Å². The van der Waals surface area contributed by atoms with Crippen molar-refractivity contribution in [2.75, 3.05) is 49.9 Å². The van der Waals surface area contributed by atoms with Crippen molar-refractivity contribution in [1.29, 1.82) is 0 Å². The van der Waals surface area contributed by atoms with E-state index in [-0.39, 0.29) is 52.4 Å². The highest BCUT2D eigenvalue weighted by atomic mass is 35.5. The molecule has 1 atom stereocenters. The quantitative estimate of drug-likeness (QED) is 0.185. The predicted molar refractivity (Wildman–Crippen MR) is 168 cm³/mol. The molecule has 3 aromatic rings. The van der Waals surface area contributed by atoms with Crippen LogP contribution in [-0.4, -0.2) is 76.1 Å². The lowest BCUT2D eigenvalue weighted by Gasteiger charge is -2.26. The Hall–Kier alpha value is -3.30. The number of hydrogen-bond donors (Lipinski definition) is 1. The molecule has 0 radical (unpaired) electrons. The molecule has 5 rings (SSSR count). The molecule has 2 heterocycles. The van der Waals surface area contributed by atoms with E-state index in [1.807, 2.05) is 4.90 Å². The molecule has 2 aliphatic rings. The highest BCUT2D eigenvalue weighted by molar-refractivity contribution is 7.92. The summed E-state index contributed by atoms with van der Waals surface area (Å²) in [5, 5.41) is 0.383. The molecule has 1 saturated carbocycles. The number of nitrogens with one attached hydrogen (secondary N) is 1. The number of morpholine rings is 1. The summed E-state index contributed by atoms with van der Waals surface area (Å²) >= 11 is 12.7. The van der Waals surface area contributed by atoms with Crippen molar-refractivity contribution in [2.24, 2.45) is 5.92 Å². The second-order valence-electron chi connectivity index (χ2n) is 11.1. The number of pyridine rings is 1. The van der Waals surface area contributed by atoms with E-state index in [4.69, 9.17) is 37.4 Å². The molecular formula is C31H32Cl2F3N3O7S. The average Bonchev–Trinajstić information content (AvgIpc) is 3.87. The van der Waals surface area contributed by atoms with Gasteiger partial charge >= 0.3 is 12.6 Å². The van der Waals surface area contributed by atoms with E-state index in [0.717, 1.165) is 31.0 Å². The molecule has 254 valence electrons. The van der Waals surface area contributed by atoms with E-state index in [9.17, 15) is 26.4 Å². The second kappa shape index (κ2) is 15.7. The molecule has 2 aromatic carbocycles. The highest BCUT2D eigenvalue weighted by Crippen LogP contribution is 2.38. The van der Waals surface area contributed by atoms with E-state index in [0.29, 0.717) is 43.3 Å². The Balaban J connectivity index is 1.39. The number of carbonyl (C=O) groups is 1. The number of benzene rings is 2. The SMILES string of the molecule is O=C(O[C@@H](Cc1c(Cl)cncc1Cl)c1ccc(OC(F)F)c(OCC2CC2)c1)c1ccc(F)c(NS(=O)(=O)CCN2CCOCC2)c1. The zero-order valence-electron chi connectivity index (χ0n) is 25.0. The standard InChI is InChI=1S/C31H32Cl2F3N3O7S/c32-23-16-37-17-24(33)22(23)15-28(20-4-6-27(46-31(35)36)29(14-20)44-18-19-1-2-19)45-30(40)21-3-5-25(34)26(13-21)38-47(41,42)12-9-39-7-10-43-11-8-39/h3-6,13-14,16-17,19,28,31,38H,1-2,7-12,15,18H2/t28-/m0/s1. The molecule has 1 aliphatic heterocycles. The molecule has 47 heavy (non-hydrogen) atoms. The lowest BCUT2D eigenvalue weighted by molar-refractivity contribution is -0.0515. The molecule has 1 aromatic heterocycles. The van der Waals surface area contributed by atoms with Gasteiger partial charge in [0.15, 0.2) is 11.5 Å². The van der Waals surface area contributed by atoms with E-state index >= 15 is 0 Å². The van der Waals surface area contributed by atoms with Crippen molar-refractivity contribution < 1.29 is 45.3 Å². The molecule has 10 nitrogen and oxygen atoms in total. The molecule has 2 fully saturated rings. The van der Waals surface area contributed by atoms with Gasteiger partial charge in [0.05, 0.1) is 46.9 Å². The van der Waals surface area contributed by atoms with Crippen molar-refractivity contribution in [2.45, 2.75) is 32.0 Å². The number of nitrogens with zero attached hydrogens (tertiary/aromatic N) is 2. The van der Waals surface area contributed by atoms with Crippen LogP contribution in [0.3, 0.4) is 0 Å². The molecule has 0 spiro atoms. The topological polar surface area (TPSA) is 116 Å². The average molecular weight is 719 g/mol. The molecule has 0 bridgehead atoms. The Morgan fingerprint density at radius 1 is 1.06 bits per heavy atom. The van der Waals surface area contributed by atoms with Crippen LogP contribution in [0.1, 0.15) is 40.4 Å². The summed E-state index contributed by atoms with van der Waals surface area (Å²) in [4.78, 5) is 19.4. The van der Waals surface area contributed by atoms with E-state index in [1.165, 1.54) is 30.6 Å². The monoisotopic (exact) mass is 717 g/mol. The number of rotatable bonds is 15. The Morgan fingerprint density at radius 2 is 1.79 bits per heavy atom. The maximum absolute atomic E-state index is 14.7. The van der Waals surface area contributed by atoms with E-state index < -0.39 is 40.2 Å². The van der Waals surface area contributed by atoms with Gasteiger partial charge in [-0.3, -0.25) is 14.6 Å². The van der Waals surface area contributed by atoms with Crippen LogP contribution < -0.4 is 14.2 Å². The molecule has 1 N–H and O–H groups in total. The predicted octanol–water partition coefficient (Wildman–Crippen LogP) is 6.13.